The fourth-order valence-electron chi connectivity index (χ4n) is 6.81. The van der Waals surface area contributed by atoms with Crippen molar-refractivity contribution in [2.75, 3.05) is 249 Å². The normalized spacial score (nSPS) is 12.2. The molecule has 0 spiro atoms. The third-order valence-electron chi connectivity index (χ3n) is 10.6. The Morgan fingerprint density at radius 3 is 0.667 bits per heavy atom. The van der Waals surface area contributed by atoms with Crippen LogP contribution in [0.4, 0.5) is 0 Å². The summed E-state index contributed by atoms with van der Waals surface area (Å²) in [5, 5.41) is 35.6. The highest BCUT2D eigenvalue weighted by atomic mass is 15.2. The first kappa shape index (κ1) is 59.3. The van der Waals surface area contributed by atoms with Crippen molar-refractivity contribution < 1.29 is 0 Å². The van der Waals surface area contributed by atoms with E-state index in [9.17, 15) is 0 Å². The largest absolute Gasteiger partial charge is 0.329 e. The van der Waals surface area contributed by atoms with Crippen molar-refractivity contribution in [3.05, 3.63) is 0 Å². The molecule has 0 heterocycles. The lowest BCUT2D eigenvalue weighted by atomic mass is 10.3. The second kappa shape index (κ2) is 49.3. The van der Waals surface area contributed by atoms with E-state index < -0.39 is 0 Å². The van der Waals surface area contributed by atoms with Crippen molar-refractivity contribution in [1.82, 2.24) is 77.7 Å². The third-order valence-corrected chi connectivity index (χ3v) is 10.6. The van der Waals surface area contributed by atoms with Crippen LogP contribution in [-0.4, -0.2) is 273 Å². The Balaban J connectivity index is 5.29. The summed E-state index contributed by atoms with van der Waals surface area (Å²) < 4.78 is 0. The Kier molecular flexibility index (Phi) is 48.7. The molecule has 0 bridgehead atoms. The quantitative estimate of drug-likeness (QED) is 0.0259. The predicted molar refractivity (Wildman–Crippen MR) is 261 cm³/mol. The molecule has 0 saturated carbocycles. The van der Waals surface area contributed by atoms with E-state index in [1.807, 2.05) is 0 Å². The lowest BCUT2D eigenvalue weighted by molar-refractivity contribution is 0.196. The molecule has 0 amide bonds. The zero-order valence-electron chi connectivity index (χ0n) is 39.8. The first-order chi connectivity index (χ1) is 29.6. The molecule has 0 fully saturated rings. The summed E-state index contributed by atoms with van der Waals surface area (Å²) in [5.74, 6) is 0. The molecule has 0 saturated heterocycles. The first-order valence-corrected chi connectivity index (χ1v) is 24.4. The number of nitrogens with zero attached hydrogens (tertiary/aromatic N) is 5. The fourth-order valence-corrected chi connectivity index (χ4v) is 6.81. The molecule has 0 aromatic carbocycles. The standard InChI is InChI=1S/C42H104N18/c1-5-46-14-16-52-22-31-56(28-11-45)32-24-54-25-37-60(42-40-58(30-19-49-8-4)34-21-51-13-10-44)38-27-55-26-36-59(35-23-53-17-15-47-6-2)41-39-57(29-18-48-7-3)33-20-50-12-9-43/h46-55H,5-45H2,1-4H3. The van der Waals surface area contributed by atoms with Crippen LogP contribution in [0.2, 0.25) is 0 Å². The number of nitrogens with two attached hydrogens (primary N) is 3. The average Bonchev–Trinajstić information content (AvgIpc) is 3.25. The van der Waals surface area contributed by atoms with Gasteiger partial charge in [0.2, 0.25) is 0 Å². The molecule has 362 valence electrons. The average molecular weight is 861 g/mol. The van der Waals surface area contributed by atoms with Gasteiger partial charge < -0.3 is 70.4 Å². The zero-order valence-corrected chi connectivity index (χ0v) is 39.8. The van der Waals surface area contributed by atoms with Crippen LogP contribution in [-0.2, 0) is 0 Å². The van der Waals surface area contributed by atoms with Crippen LogP contribution in [0.5, 0.6) is 0 Å². The van der Waals surface area contributed by atoms with Crippen molar-refractivity contribution in [3.63, 3.8) is 0 Å². The maximum atomic E-state index is 5.97. The predicted octanol–water partition coefficient (Wildman–Crippen LogP) is -4.65. The Hall–Kier alpha value is -0.720. The molecule has 18 heteroatoms. The van der Waals surface area contributed by atoms with Crippen LogP contribution in [0.25, 0.3) is 0 Å². The van der Waals surface area contributed by atoms with E-state index in [0.717, 1.165) is 229 Å². The van der Waals surface area contributed by atoms with E-state index >= 15 is 0 Å². The van der Waals surface area contributed by atoms with Crippen LogP contribution in [0, 0.1) is 0 Å². The molecule has 60 heavy (non-hydrogen) atoms. The second-order valence-corrected chi connectivity index (χ2v) is 15.5. The van der Waals surface area contributed by atoms with Gasteiger partial charge in [0.15, 0.2) is 0 Å². The molecule has 18 nitrogen and oxygen atoms in total. The third kappa shape index (κ3) is 41.3. The number of nitrogens with one attached hydrogen (secondary N) is 10. The van der Waals surface area contributed by atoms with E-state index in [2.05, 4.69) is 105 Å². The molecule has 0 aliphatic rings. The molecule has 0 aliphatic heterocycles. The number of likely N-dealkylation sites (N-methyl/N-ethyl adjacent to an activating group) is 4. The number of rotatable bonds is 52. The molecular weight excluding hydrogens is 757 g/mol. The molecule has 16 N–H and O–H groups in total. The zero-order chi connectivity index (χ0) is 43.8. The molecule has 0 aromatic rings. The molecule has 0 radical (unpaired) electrons. The molecule has 0 atom stereocenters. The Morgan fingerprint density at radius 2 is 0.417 bits per heavy atom. The SMILES string of the molecule is CCNCCNCCN(CCN)CCNCCN(CCNCCN(CCNCCNCC)CCN(CCNCC)CCNCCN)CCN(CCNCC)CCNCCN. The van der Waals surface area contributed by atoms with E-state index in [-0.39, 0.29) is 0 Å². The molecule has 0 unspecified atom stereocenters. The van der Waals surface area contributed by atoms with Gasteiger partial charge in [-0.3, -0.25) is 24.5 Å². The summed E-state index contributed by atoms with van der Waals surface area (Å²) in [7, 11) is 0. The first-order valence-electron chi connectivity index (χ1n) is 24.4. The minimum atomic E-state index is 0.677. The Bertz CT molecular complexity index is 806. The van der Waals surface area contributed by atoms with E-state index in [1.165, 1.54) is 0 Å². The minimum Gasteiger partial charge on any atom is -0.329 e. The molecule has 0 rings (SSSR count). The topological polar surface area (TPSA) is 215 Å². The van der Waals surface area contributed by atoms with Gasteiger partial charge in [0.05, 0.1) is 0 Å². The minimum absolute atomic E-state index is 0.677. The van der Waals surface area contributed by atoms with Gasteiger partial charge in [-0.15, -0.1) is 0 Å². The maximum Gasteiger partial charge on any atom is 0.0110 e. The molecular formula is C42H104N18. The Labute approximate surface area is 370 Å². The van der Waals surface area contributed by atoms with E-state index in [0.29, 0.717) is 19.6 Å². The van der Waals surface area contributed by atoms with Gasteiger partial charge in [-0.25, -0.2) is 0 Å². The smallest absolute Gasteiger partial charge is 0.0110 e. The van der Waals surface area contributed by atoms with Crippen LogP contribution >= 0.6 is 0 Å². The van der Waals surface area contributed by atoms with Crippen LogP contribution in [0.1, 0.15) is 27.7 Å². The van der Waals surface area contributed by atoms with Crippen LogP contribution < -0.4 is 70.4 Å². The van der Waals surface area contributed by atoms with Gasteiger partial charge in [0.25, 0.3) is 0 Å². The summed E-state index contributed by atoms with van der Waals surface area (Å²) >= 11 is 0. The van der Waals surface area contributed by atoms with Crippen molar-refractivity contribution in [2.45, 2.75) is 27.7 Å². The van der Waals surface area contributed by atoms with Crippen LogP contribution in [0.15, 0.2) is 0 Å². The number of hydrogen-bond acceptors (Lipinski definition) is 18. The van der Waals surface area contributed by atoms with Crippen molar-refractivity contribution >= 4 is 0 Å². The summed E-state index contributed by atoms with van der Waals surface area (Å²) in [6.45, 7) is 46.0. The van der Waals surface area contributed by atoms with Gasteiger partial charge in [-0.05, 0) is 26.2 Å². The lowest BCUT2D eigenvalue weighted by Crippen LogP contribution is -2.46. The van der Waals surface area contributed by atoms with Gasteiger partial charge in [0.1, 0.15) is 0 Å². The van der Waals surface area contributed by atoms with Gasteiger partial charge in [0, 0.05) is 223 Å². The van der Waals surface area contributed by atoms with Crippen molar-refractivity contribution in [1.29, 1.82) is 0 Å². The Morgan fingerprint density at radius 1 is 0.217 bits per heavy atom. The second-order valence-electron chi connectivity index (χ2n) is 15.5. The maximum absolute atomic E-state index is 5.97. The summed E-state index contributed by atoms with van der Waals surface area (Å²) in [6.07, 6.45) is 0. The lowest BCUT2D eigenvalue weighted by Gasteiger charge is -2.29. The van der Waals surface area contributed by atoms with Crippen LogP contribution in [0.3, 0.4) is 0 Å². The highest BCUT2D eigenvalue weighted by Crippen LogP contribution is 1.96. The van der Waals surface area contributed by atoms with Crippen molar-refractivity contribution in [3.8, 4) is 0 Å². The van der Waals surface area contributed by atoms with Gasteiger partial charge in [-0.1, -0.05) is 27.7 Å². The number of hydrogen-bond donors (Lipinski definition) is 13. The highest BCUT2D eigenvalue weighted by molar-refractivity contribution is 4.72. The van der Waals surface area contributed by atoms with Gasteiger partial charge >= 0.3 is 0 Å². The fraction of sp³-hybridized carbons (Fsp3) is 1.00. The molecule has 0 aliphatic carbocycles. The molecule has 0 aromatic heterocycles. The summed E-state index contributed by atoms with van der Waals surface area (Å²) in [6, 6.07) is 0. The van der Waals surface area contributed by atoms with E-state index in [1.54, 1.807) is 0 Å². The monoisotopic (exact) mass is 861 g/mol. The van der Waals surface area contributed by atoms with E-state index in [4.69, 9.17) is 17.2 Å². The van der Waals surface area contributed by atoms with Gasteiger partial charge in [-0.2, -0.15) is 0 Å². The highest BCUT2D eigenvalue weighted by Gasteiger charge is 2.12. The van der Waals surface area contributed by atoms with Crippen molar-refractivity contribution in [2.24, 2.45) is 17.2 Å². The summed E-state index contributed by atoms with van der Waals surface area (Å²) in [4.78, 5) is 12.9. The summed E-state index contributed by atoms with van der Waals surface area (Å²) in [5.41, 5.74) is 17.4.